The Kier molecular flexibility index (Phi) is 4.60. The van der Waals surface area contributed by atoms with Gasteiger partial charge in [-0.25, -0.2) is 0 Å². The Labute approximate surface area is 120 Å². The molecule has 0 aliphatic carbocycles. The molecule has 104 valence electrons. The third kappa shape index (κ3) is 2.92. The van der Waals surface area contributed by atoms with Gasteiger partial charge in [0.1, 0.15) is 6.61 Å². The third-order valence-corrected chi connectivity index (χ3v) is 3.52. The highest BCUT2D eigenvalue weighted by Gasteiger charge is 2.10. The molecule has 2 aromatic rings. The molecule has 20 heavy (non-hydrogen) atoms. The molecule has 0 saturated carbocycles. The average Bonchev–Trinajstić information content (AvgIpc) is 2.72. The lowest BCUT2D eigenvalue weighted by molar-refractivity contribution is 0.350. The number of aliphatic hydroxyl groups is 1. The predicted octanol–water partition coefficient (Wildman–Crippen LogP) is 2.45. The van der Waals surface area contributed by atoms with E-state index in [0.717, 1.165) is 23.2 Å². The maximum atomic E-state index is 8.83. The zero-order valence-electron chi connectivity index (χ0n) is 12.3. The van der Waals surface area contributed by atoms with Crippen LogP contribution in [0.25, 0.3) is 0 Å². The van der Waals surface area contributed by atoms with Gasteiger partial charge in [-0.1, -0.05) is 37.0 Å². The number of aryl methyl sites for hydroxylation is 1. The molecule has 0 bridgehead atoms. The van der Waals surface area contributed by atoms with Crippen LogP contribution in [-0.4, -0.2) is 21.5 Å². The summed E-state index contributed by atoms with van der Waals surface area (Å²) in [5.74, 6) is 5.71. The maximum Gasteiger partial charge on any atom is 0.104 e. The van der Waals surface area contributed by atoms with E-state index < -0.39 is 0 Å². The number of hydrogen-bond acceptors (Lipinski definition) is 2. The summed E-state index contributed by atoms with van der Waals surface area (Å²) < 4.78 is 2.04. The minimum atomic E-state index is -0.117. The average molecular weight is 268 g/mol. The first kappa shape index (κ1) is 14.4. The normalized spacial score (nSPS) is 10.2. The summed E-state index contributed by atoms with van der Waals surface area (Å²) >= 11 is 0. The van der Waals surface area contributed by atoms with Crippen molar-refractivity contribution in [3.05, 3.63) is 52.3 Å². The van der Waals surface area contributed by atoms with Crippen molar-refractivity contribution in [2.24, 2.45) is 0 Å². The first-order chi connectivity index (χ1) is 9.67. The number of rotatable bonds is 3. The summed E-state index contributed by atoms with van der Waals surface area (Å²) in [6.07, 6.45) is 1.00. The summed E-state index contributed by atoms with van der Waals surface area (Å²) in [7, 11) is 0. The lowest BCUT2D eigenvalue weighted by Crippen LogP contribution is -2.06. The van der Waals surface area contributed by atoms with Crippen LogP contribution in [-0.2, 0) is 13.0 Å². The Bertz CT molecular complexity index is 659. The second kappa shape index (κ2) is 6.40. The van der Waals surface area contributed by atoms with Crippen LogP contribution < -0.4 is 0 Å². The molecule has 0 fully saturated rings. The summed E-state index contributed by atoms with van der Waals surface area (Å²) in [6.45, 7) is 6.92. The first-order valence-corrected chi connectivity index (χ1v) is 6.87. The molecule has 1 aromatic carbocycles. The quantitative estimate of drug-likeness (QED) is 0.868. The topological polar surface area (TPSA) is 38.0 Å². The molecule has 3 heteroatoms. The van der Waals surface area contributed by atoms with E-state index in [1.165, 1.54) is 11.3 Å². The van der Waals surface area contributed by atoms with Crippen LogP contribution in [0, 0.1) is 25.7 Å². The van der Waals surface area contributed by atoms with Crippen LogP contribution in [0.2, 0.25) is 0 Å². The Balaban J connectivity index is 2.35. The van der Waals surface area contributed by atoms with Crippen LogP contribution in [0.5, 0.6) is 0 Å². The molecular weight excluding hydrogens is 248 g/mol. The number of aliphatic hydroxyl groups excluding tert-OH is 1. The monoisotopic (exact) mass is 268 g/mol. The molecule has 0 unspecified atom stereocenters. The summed E-state index contributed by atoms with van der Waals surface area (Å²) in [5.41, 5.74) is 5.72. The highest BCUT2D eigenvalue weighted by molar-refractivity contribution is 5.41. The molecule has 0 amide bonds. The lowest BCUT2D eigenvalue weighted by atomic mass is 10.1. The van der Waals surface area contributed by atoms with Crippen LogP contribution in [0.4, 0.5) is 0 Å². The van der Waals surface area contributed by atoms with Gasteiger partial charge in [-0.05, 0) is 37.5 Å². The predicted molar refractivity (Wildman–Crippen MR) is 80.6 cm³/mol. The van der Waals surface area contributed by atoms with E-state index in [2.05, 4.69) is 43.8 Å². The van der Waals surface area contributed by atoms with Crippen molar-refractivity contribution in [1.82, 2.24) is 9.78 Å². The molecule has 0 aliphatic rings. The summed E-state index contributed by atoms with van der Waals surface area (Å²) in [5, 5.41) is 13.4. The van der Waals surface area contributed by atoms with E-state index >= 15 is 0 Å². The Morgan fingerprint density at radius 1 is 1.25 bits per heavy atom. The fraction of sp³-hybridized carbons (Fsp3) is 0.353. The van der Waals surface area contributed by atoms with E-state index in [1.807, 2.05) is 22.9 Å². The second-order valence-corrected chi connectivity index (χ2v) is 4.78. The van der Waals surface area contributed by atoms with Crippen LogP contribution in [0.15, 0.2) is 24.3 Å². The van der Waals surface area contributed by atoms with Gasteiger partial charge in [0.05, 0.1) is 12.2 Å². The summed E-state index contributed by atoms with van der Waals surface area (Å²) in [4.78, 5) is 0. The van der Waals surface area contributed by atoms with Gasteiger partial charge in [-0.3, -0.25) is 4.68 Å². The number of benzene rings is 1. The van der Waals surface area contributed by atoms with Crippen molar-refractivity contribution >= 4 is 0 Å². The van der Waals surface area contributed by atoms with Gasteiger partial charge < -0.3 is 5.11 Å². The zero-order valence-corrected chi connectivity index (χ0v) is 12.3. The van der Waals surface area contributed by atoms with E-state index in [-0.39, 0.29) is 6.61 Å². The molecule has 0 saturated heterocycles. The number of hydrogen-bond donors (Lipinski definition) is 1. The molecule has 3 nitrogen and oxygen atoms in total. The molecule has 0 atom stereocenters. The molecule has 1 aromatic heterocycles. The van der Waals surface area contributed by atoms with E-state index in [1.54, 1.807) is 0 Å². The number of aromatic nitrogens is 2. The standard InChI is InChI=1S/C17H20N2O/c1-4-17-13(2)18-19(14(17)3)12-16-9-6-5-8-15(16)10-7-11-20/h5-6,8-9,20H,4,11-12H2,1-3H3. The third-order valence-electron chi connectivity index (χ3n) is 3.52. The largest absolute Gasteiger partial charge is 0.384 e. The molecule has 0 aliphatic heterocycles. The van der Waals surface area contributed by atoms with Crippen molar-refractivity contribution in [3.8, 4) is 11.8 Å². The Morgan fingerprint density at radius 3 is 2.65 bits per heavy atom. The maximum absolute atomic E-state index is 8.83. The van der Waals surface area contributed by atoms with Crippen molar-refractivity contribution in [2.75, 3.05) is 6.61 Å². The van der Waals surface area contributed by atoms with Crippen molar-refractivity contribution in [3.63, 3.8) is 0 Å². The van der Waals surface area contributed by atoms with Crippen LogP contribution >= 0.6 is 0 Å². The second-order valence-electron chi connectivity index (χ2n) is 4.78. The van der Waals surface area contributed by atoms with Crippen molar-refractivity contribution in [2.45, 2.75) is 33.7 Å². The zero-order chi connectivity index (χ0) is 14.5. The van der Waals surface area contributed by atoms with Gasteiger partial charge in [0.15, 0.2) is 0 Å². The minimum Gasteiger partial charge on any atom is -0.384 e. The van der Waals surface area contributed by atoms with Crippen LogP contribution in [0.1, 0.15) is 35.0 Å². The van der Waals surface area contributed by atoms with Gasteiger partial charge >= 0.3 is 0 Å². The van der Waals surface area contributed by atoms with Gasteiger partial charge in [0.25, 0.3) is 0 Å². The van der Waals surface area contributed by atoms with E-state index in [4.69, 9.17) is 5.11 Å². The highest BCUT2D eigenvalue weighted by atomic mass is 16.2. The molecule has 0 spiro atoms. The lowest BCUT2D eigenvalue weighted by Gasteiger charge is -2.07. The van der Waals surface area contributed by atoms with Crippen molar-refractivity contribution in [1.29, 1.82) is 0 Å². The molecule has 1 N–H and O–H groups in total. The highest BCUT2D eigenvalue weighted by Crippen LogP contribution is 2.16. The fourth-order valence-corrected chi connectivity index (χ4v) is 2.48. The van der Waals surface area contributed by atoms with E-state index in [9.17, 15) is 0 Å². The number of nitrogens with zero attached hydrogens (tertiary/aromatic N) is 2. The van der Waals surface area contributed by atoms with E-state index in [0.29, 0.717) is 6.54 Å². The SMILES string of the molecule is CCc1c(C)nn(Cc2ccccc2C#CCO)c1C. The Morgan fingerprint density at radius 2 is 2.00 bits per heavy atom. The Hall–Kier alpha value is -2.05. The first-order valence-electron chi connectivity index (χ1n) is 6.87. The minimum absolute atomic E-state index is 0.117. The van der Waals surface area contributed by atoms with Crippen LogP contribution in [0.3, 0.4) is 0 Å². The molecule has 1 heterocycles. The summed E-state index contributed by atoms with van der Waals surface area (Å²) in [6, 6.07) is 8.00. The van der Waals surface area contributed by atoms with Gasteiger partial charge in [0, 0.05) is 11.3 Å². The van der Waals surface area contributed by atoms with Gasteiger partial charge in [-0.15, -0.1) is 0 Å². The molecular formula is C17H20N2O. The smallest absolute Gasteiger partial charge is 0.104 e. The van der Waals surface area contributed by atoms with Crippen molar-refractivity contribution < 1.29 is 5.11 Å². The van der Waals surface area contributed by atoms with Gasteiger partial charge in [-0.2, -0.15) is 5.10 Å². The molecule has 0 radical (unpaired) electrons. The fourth-order valence-electron chi connectivity index (χ4n) is 2.48. The van der Waals surface area contributed by atoms with Gasteiger partial charge in [0.2, 0.25) is 0 Å². The molecule has 2 rings (SSSR count).